The number of nitrogens with one attached hydrogen (secondary N) is 1. The molecule has 0 aromatic heterocycles. The zero-order valence-electron chi connectivity index (χ0n) is 9.63. The van der Waals surface area contributed by atoms with Crippen LogP contribution in [0.4, 0.5) is 4.39 Å². The van der Waals surface area contributed by atoms with E-state index in [1.165, 1.54) is 6.07 Å². The molecule has 1 aromatic carbocycles. The lowest BCUT2D eigenvalue weighted by Gasteiger charge is -2.27. The van der Waals surface area contributed by atoms with Gasteiger partial charge >= 0.3 is 0 Å². The van der Waals surface area contributed by atoms with Crippen LogP contribution in [-0.2, 0) is 0 Å². The van der Waals surface area contributed by atoms with Crippen molar-refractivity contribution in [3.63, 3.8) is 0 Å². The summed E-state index contributed by atoms with van der Waals surface area (Å²) < 4.78 is 13.6. The van der Waals surface area contributed by atoms with Crippen LogP contribution in [0.5, 0.6) is 0 Å². The first-order chi connectivity index (χ1) is 7.20. The van der Waals surface area contributed by atoms with Crippen molar-refractivity contribution in [2.45, 2.75) is 13.0 Å². The summed E-state index contributed by atoms with van der Waals surface area (Å²) in [5.41, 5.74) is 0.760. The molecular formula is C12H19FN2. The maximum atomic E-state index is 13.6. The topological polar surface area (TPSA) is 15.3 Å². The zero-order chi connectivity index (χ0) is 11.3. The van der Waals surface area contributed by atoms with Gasteiger partial charge < -0.3 is 5.32 Å². The number of benzene rings is 1. The van der Waals surface area contributed by atoms with Crippen molar-refractivity contribution in [1.82, 2.24) is 10.2 Å². The molecule has 84 valence electrons. The summed E-state index contributed by atoms with van der Waals surface area (Å²) in [7, 11) is 3.89. The monoisotopic (exact) mass is 210 g/mol. The Morgan fingerprint density at radius 2 is 2.07 bits per heavy atom. The molecule has 1 unspecified atom stereocenters. The first kappa shape index (κ1) is 12.1. The van der Waals surface area contributed by atoms with E-state index in [-0.39, 0.29) is 11.9 Å². The van der Waals surface area contributed by atoms with Crippen LogP contribution in [0.25, 0.3) is 0 Å². The van der Waals surface area contributed by atoms with E-state index in [1.54, 1.807) is 6.07 Å². The fraction of sp³-hybridized carbons (Fsp3) is 0.500. The van der Waals surface area contributed by atoms with E-state index in [2.05, 4.69) is 17.1 Å². The van der Waals surface area contributed by atoms with E-state index in [0.717, 1.165) is 18.7 Å². The highest BCUT2D eigenvalue weighted by molar-refractivity contribution is 5.21. The molecule has 1 aromatic rings. The SMILES string of the molecule is CCN(C)C(CNC)c1ccccc1F. The van der Waals surface area contributed by atoms with Gasteiger partial charge in [0.05, 0.1) is 0 Å². The quantitative estimate of drug-likeness (QED) is 0.800. The van der Waals surface area contributed by atoms with Crippen molar-refractivity contribution in [2.24, 2.45) is 0 Å². The summed E-state index contributed by atoms with van der Waals surface area (Å²) in [6, 6.07) is 7.07. The molecule has 0 amide bonds. The average Bonchev–Trinajstić information content (AvgIpc) is 2.26. The summed E-state index contributed by atoms with van der Waals surface area (Å²) in [5.74, 6) is -0.127. The van der Waals surface area contributed by atoms with E-state index in [0.29, 0.717) is 0 Å². The first-order valence-electron chi connectivity index (χ1n) is 5.30. The lowest BCUT2D eigenvalue weighted by molar-refractivity contribution is 0.248. The normalized spacial score (nSPS) is 13.1. The Hall–Kier alpha value is -0.930. The molecule has 3 heteroatoms. The number of likely N-dealkylation sites (N-methyl/N-ethyl adjacent to an activating group) is 2. The molecule has 0 heterocycles. The molecule has 1 atom stereocenters. The molecule has 0 spiro atoms. The number of hydrogen-bond donors (Lipinski definition) is 1. The molecule has 1 rings (SSSR count). The molecule has 0 aliphatic rings. The smallest absolute Gasteiger partial charge is 0.128 e. The van der Waals surface area contributed by atoms with Gasteiger partial charge in [-0.3, -0.25) is 4.90 Å². The van der Waals surface area contributed by atoms with Crippen molar-refractivity contribution < 1.29 is 4.39 Å². The summed E-state index contributed by atoms with van der Waals surface area (Å²) in [5, 5.41) is 3.10. The zero-order valence-corrected chi connectivity index (χ0v) is 9.63. The highest BCUT2D eigenvalue weighted by Gasteiger charge is 2.17. The molecule has 0 fully saturated rings. The van der Waals surface area contributed by atoms with E-state index in [1.807, 2.05) is 26.2 Å². The highest BCUT2D eigenvalue weighted by atomic mass is 19.1. The number of rotatable bonds is 5. The summed E-state index contributed by atoms with van der Waals surface area (Å²) in [6.45, 7) is 3.73. The van der Waals surface area contributed by atoms with Crippen LogP contribution in [0.3, 0.4) is 0 Å². The lowest BCUT2D eigenvalue weighted by atomic mass is 10.1. The Morgan fingerprint density at radius 3 is 2.60 bits per heavy atom. The Morgan fingerprint density at radius 1 is 1.40 bits per heavy atom. The molecule has 0 saturated carbocycles. The molecule has 0 aliphatic carbocycles. The third-order valence-corrected chi connectivity index (χ3v) is 2.69. The van der Waals surface area contributed by atoms with Crippen LogP contribution in [0, 0.1) is 5.82 Å². The van der Waals surface area contributed by atoms with Gasteiger partial charge in [-0.15, -0.1) is 0 Å². The van der Waals surface area contributed by atoms with Crippen LogP contribution in [-0.4, -0.2) is 32.1 Å². The van der Waals surface area contributed by atoms with Crippen molar-refractivity contribution in [1.29, 1.82) is 0 Å². The molecule has 0 bridgehead atoms. The predicted octanol–water partition coefficient (Wildman–Crippen LogP) is 2.04. The minimum Gasteiger partial charge on any atom is -0.318 e. The first-order valence-corrected chi connectivity index (χ1v) is 5.30. The molecule has 0 aliphatic heterocycles. The fourth-order valence-corrected chi connectivity index (χ4v) is 1.66. The standard InChI is InChI=1S/C12H19FN2/c1-4-15(3)12(9-14-2)10-7-5-6-8-11(10)13/h5-8,12,14H,4,9H2,1-3H3. The summed E-state index contributed by atoms with van der Waals surface area (Å²) >= 11 is 0. The van der Waals surface area contributed by atoms with Gasteiger partial charge in [0.2, 0.25) is 0 Å². The van der Waals surface area contributed by atoms with Gasteiger partial charge in [0, 0.05) is 18.2 Å². The molecule has 0 radical (unpaired) electrons. The molecule has 2 nitrogen and oxygen atoms in total. The molecule has 1 N–H and O–H groups in total. The van der Waals surface area contributed by atoms with Crippen LogP contribution in [0.2, 0.25) is 0 Å². The van der Waals surface area contributed by atoms with Crippen molar-refractivity contribution in [2.75, 3.05) is 27.2 Å². The van der Waals surface area contributed by atoms with Gasteiger partial charge in [-0.2, -0.15) is 0 Å². The van der Waals surface area contributed by atoms with Crippen LogP contribution in [0.1, 0.15) is 18.5 Å². The van der Waals surface area contributed by atoms with Gasteiger partial charge in [0.1, 0.15) is 5.82 Å². The van der Waals surface area contributed by atoms with Crippen LogP contribution >= 0.6 is 0 Å². The van der Waals surface area contributed by atoms with Crippen LogP contribution in [0.15, 0.2) is 24.3 Å². The van der Waals surface area contributed by atoms with Gasteiger partial charge in [0.15, 0.2) is 0 Å². The maximum absolute atomic E-state index is 13.6. The predicted molar refractivity (Wildman–Crippen MR) is 61.4 cm³/mol. The lowest BCUT2D eigenvalue weighted by Crippen LogP contribution is -2.32. The van der Waals surface area contributed by atoms with Crippen molar-refractivity contribution >= 4 is 0 Å². The van der Waals surface area contributed by atoms with Crippen molar-refractivity contribution in [3.05, 3.63) is 35.6 Å². The second kappa shape index (κ2) is 5.83. The summed E-state index contributed by atoms with van der Waals surface area (Å²) in [6.07, 6.45) is 0. The third kappa shape index (κ3) is 3.01. The Balaban J connectivity index is 2.93. The van der Waals surface area contributed by atoms with E-state index >= 15 is 0 Å². The number of halogens is 1. The van der Waals surface area contributed by atoms with E-state index < -0.39 is 0 Å². The Bertz CT molecular complexity index is 301. The fourth-order valence-electron chi connectivity index (χ4n) is 1.66. The largest absolute Gasteiger partial charge is 0.318 e. The van der Waals surface area contributed by atoms with Gasteiger partial charge in [-0.1, -0.05) is 25.1 Å². The Kier molecular flexibility index (Phi) is 4.72. The average molecular weight is 210 g/mol. The second-order valence-corrected chi connectivity index (χ2v) is 3.67. The van der Waals surface area contributed by atoms with Gasteiger partial charge in [-0.25, -0.2) is 4.39 Å². The highest BCUT2D eigenvalue weighted by Crippen LogP contribution is 2.21. The number of nitrogens with zero attached hydrogens (tertiary/aromatic N) is 1. The maximum Gasteiger partial charge on any atom is 0.128 e. The summed E-state index contributed by atoms with van der Waals surface area (Å²) in [4.78, 5) is 2.13. The van der Waals surface area contributed by atoms with Crippen LogP contribution < -0.4 is 5.32 Å². The molecule has 15 heavy (non-hydrogen) atoms. The number of hydrogen-bond acceptors (Lipinski definition) is 2. The second-order valence-electron chi connectivity index (χ2n) is 3.67. The third-order valence-electron chi connectivity index (χ3n) is 2.69. The van der Waals surface area contributed by atoms with Gasteiger partial charge in [0.25, 0.3) is 0 Å². The minimum atomic E-state index is -0.127. The Labute approximate surface area is 91.1 Å². The van der Waals surface area contributed by atoms with Crippen molar-refractivity contribution in [3.8, 4) is 0 Å². The minimum absolute atomic E-state index is 0.0983. The van der Waals surface area contributed by atoms with E-state index in [9.17, 15) is 4.39 Å². The van der Waals surface area contributed by atoms with E-state index in [4.69, 9.17) is 0 Å². The molecular weight excluding hydrogens is 191 g/mol. The molecule has 0 saturated heterocycles. The van der Waals surface area contributed by atoms with Gasteiger partial charge in [-0.05, 0) is 26.7 Å².